The second kappa shape index (κ2) is 6.93. The van der Waals surface area contributed by atoms with Crippen LogP contribution < -0.4 is 0 Å². The van der Waals surface area contributed by atoms with E-state index >= 15 is 0 Å². The molecule has 0 unspecified atom stereocenters. The number of alkyl halides is 5. The number of hydrogen-bond donors (Lipinski definition) is 0. The third-order valence-corrected chi connectivity index (χ3v) is 3.59. The monoisotopic (exact) mass is 367 g/mol. The average Bonchev–Trinajstić information content (AvgIpc) is 3.35. The lowest BCUT2D eigenvalue weighted by atomic mass is 9.93. The van der Waals surface area contributed by atoms with E-state index in [0.29, 0.717) is 12.8 Å². The molecule has 5 nitrogen and oxygen atoms in total. The Hall–Kier alpha value is -2.26. The summed E-state index contributed by atoms with van der Waals surface area (Å²) in [5.74, 6) is -3.28. The molecule has 0 atom stereocenters. The SMILES string of the molecule is CCOC(=O)c1c(C(F)(F)F)nc(C(F)F)c(C(=O)OC)c1C1CC1. The minimum Gasteiger partial charge on any atom is -0.465 e. The first-order chi connectivity index (χ1) is 11.6. The highest BCUT2D eigenvalue weighted by Gasteiger charge is 2.46. The quantitative estimate of drug-likeness (QED) is 0.584. The predicted octanol–water partition coefficient (Wildman–Crippen LogP) is 3.88. The molecule has 0 radical (unpaired) electrons. The summed E-state index contributed by atoms with van der Waals surface area (Å²) in [4.78, 5) is 27.0. The van der Waals surface area contributed by atoms with Gasteiger partial charge in [-0.1, -0.05) is 0 Å². The number of pyridine rings is 1. The summed E-state index contributed by atoms with van der Waals surface area (Å²) in [6.07, 6.45) is -7.94. The zero-order valence-electron chi connectivity index (χ0n) is 13.2. The Morgan fingerprint density at radius 1 is 1.20 bits per heavy atom. The van der Waals surface area contributed by atoms with E-state index in [1.165, 1.54) is 6.92 Å². The summed E-state index contributed by atoms with van der Waals surface area (Å²) >= 11 is 0. The number of aromatic nitrogens is 1. The van der Waals surface area contributed by atoms with Gasteiger partial charge in [-0.2, -0.15) is 13.2 Å². The van der Waals surface area contributed by atoms with Crippen molar-refractivity contribution in [3.63, 3.8) is 0 Å². The standard InChI is InChI=1S/C15H14F5NO4/c1-3-25-14(23)9-7(6-4-5-6)8(13(22)24-2)10(12(16)17)21-11(9)15(18,19)20/h6,12H,3-5H2,1-2H3. The van der Waals surface area contributed by atoms with E-state index in [2.05, 4.69) is 14.5 Å². The Morgan fingerprint density at radius 2 is 1.80 bits per heavy atom. The molecule has 0 bridgehead atoms. The van der Waals surface area contributed by atoms with Gasteiger partial charge in [0.15, 0.2) is 5.69 Å². The maximum Gasteiger partial charge on any atom is 0.434 e. The lowest BCUT2D eigenvalue weighted by molar-refractivity contribution is -0.142. The summed E-state index contributed by atoms with van der Waals surface area (Å²) in [5, 5.41) is 0. The molecule has 1 heterocycles. The van der Waals surface area contributed by atoms with Gasteiger partial charge in [-0.3, -0.25) is 0 Å². The van der Waals surface area contributed by atoms with E-state index in [4.69, 9.17) is 0 Å². The molecule has 1 aliphatic rings. The van der Waals surface area contributed by atoms with Crippen LogP contribution in [0, 0.1) is 0 Å². The number of ether oxygens (including phenoxy) is 2. The fourth-order valence-corrected chi connectivity index (χ4v) is 2.49. The molecule has 1 fully saturated rings. The Balaban J connectivity index is 2.91. The average molecular weight is 367 g/mol. The Kier molecular flexibility index (Phi) is 5.28. The summed E-state index contributed by atoms with van der Waals surface area (Å²) in [7, 11) is 0.899. The molecule has 1 aliphatic carbocycles. The van der Waals surface area contributed by atoms with Crippen LogP contribution in [-0.2, 0) is 15.7 Å². The van der Waals surface area contributed by atoms with Crippen LogP contribution in [0.5, 0.6) is 0 Å². The van der Waals surface area contributed by atoms with Gasteiger partial charge in [0.2, 0.25) is 0 Å². The normalized spacial score (nSPS) is 14.6. The predicted molar refractivity (Wildman–Crippen MR) is 73.5 cm³/mol. The third kappa shape index (κ3) is 3.72. The number of hydrogen-bond acceptors (Lipinski definition) is 5. The smallest absolute Gasteiger partial charge is 0.434 e. The molecule has 0 saturated heterocycles. The zero-order chi connectivity index (χ0) is 18.9. The van der Waals surface area contributed by atoms with Gasteiger partial charge in [0.05, 0.1) is 24.8 Å². The highest BCUT2D eigenvalue weighted by Crippen LogP contribution is 2.48. The fourth-order valence-electron chi connectivity index (χ4n) is 2.49. The van der Waals surface area contributed by atoms with E-state index in [0.717, 1.165) is 7.11 Å². The molecule has 1 aromatic rings. The molecular weight excluding hydrogens is 353 g/mol. The van der Waals surface area contributed by atoms with Crippen LogP contribution in [0.25, 0.3) is 0 Å². The number of esters is 2. The lowest BCUT2D eigenvalue weighted by Gasteiger charge is -2.20. The second-order valence-corrected chi connectivity index (χ2v) is 5.29. The van der Waals surface area contributed by atoms with E-state index in [1.54, 1.807) is 0 Å². The summed E-state index contributed by atoms with van der Waals surface area (Å²) in [6.45, 7) is 1.15. The van der Waals surface area contributed by atoms with Crippen LogP contribution in [0.15, 0.2) is 0 Å². The van der Waals surface area contributed by atoms with Crippen molar-refractivity contribution in [3.05, 3.63) is 28.1 Å². The highest BCUT2D eigenvalue weighted by molar-refractivity contribution is 6.00. The number of rotatable bonds is 5. The fraction of sp³-hybridized carbons (Fsp3) is 0.533. The number of carbonyl (C=O) groups is 2. The van der Waals surface area contributed by atoms with Gasteiger partial charge in [0.1, 0.15) is 5.69 Å². The molecule has 10 heteroatoms. The topological polar surface area (TPSA) is 65.5 Å². The molecular formula is C15H14F5NO4. The molecule has 138 valence electrons. The van der Waals surface area contributed by atoms with Crippen molar-refractivity contribution in [3.8, 4) is 0 Å². The lowest BCUT2D eigenvalue weighted by Crippen LogP contribution is -2.25. The highest BCUT2D eigenvalue weighted by atomic mass is 19.4. The molecule has 0 aliphatic heterocycles. The van der Waals surface area contributed by atoms with Crippen LogP contribution in [0.1, 0.15) is 69.8 Å². The van der Waals surface area contributed by atoms with E-state index in [-0.39, 0.29) is 6.61 Å². The first kappa shape index (κ1) is 19.1. The van der Waals surface area contributed by atoms with E-state index in [1.807, 2.05) is 0 Å². The molecule has 1 saturated carbocycles. The minimum atomic E-state index is -5.18. The molecule has 1 aromatic heterocycles. The Morgan fingerprint density at radius 3 is 2.20 bits per heavy atom. The van der Waals surface area contributed by atoms with E-state index in [9.17, 15) is 31.5 Å². The van der Waals surface area contributed by atoms with Gasteiger partial charge in [0.25, 0.3) is 6.43 Å². The minimum absolute atomic E-state index is 0.232. The molecule has 0 N–H and O–H groups in total. The van der Waals surface area contributed by atoms with Gasteiger partial charge < -0.3 is 9.47 Å². The van der Waals surface area contributed by atoms with Gasteiger partial charge in [-0.15, -0.1) is 0 Å². The molecule has 0 aromatic carbocycles. The Bertz CT molecular complexity index is 698. The molecule has 0 amide bonds. The number of halogens is 5. The number of methoxy groups -OCH3 is 1. The van der Waals surface area contributed by atoms with Crippen molar-refractivity contribution >= 4 is 11.9 Å². The number of nitrogens with zero attached hydrogens (tertiary/aromatic N) is 1. The van der Waals surface area contributed by atoms with Crippen LogP contribution >= 0.6 is 0 Å². The maximum atomic E-state index is 13.3. The van der Waals surface area contributed by atoms with Crippen molar-refractivity contribution in [1.82, 2.24) is 4.98 Å². The second-order valence-electron chi connectivity index (χ2n) is 5.29. The van der Waals surface area contributed by atoms with Crippen molar-refractivity contribution in [1.29, 1.82) is 0 Å². The van der Waals surface area contributed by atoms with Crippen molar-refractivity contribution in [2.75, 3.05) is 13.7 Å². The van der Waals surface area contributed by atoms with E-state index < -0.39 is 58.5 Å². The van der Waals surface area contributed by atoms with Crippen LogP contribution in [0.2, 0.25) is 0 Å². The van der Waals surface area contributed by atoms with Crippen LogP contribution in [-0.4, -0.2) is 30.6 Å². The van der Waals surface area contributed by atoms with Crippen LogP contribution in [0.3, 0.4) is 0 Å². The van der Waals surface area contributed by atoms with Crippen molar-refractivity contribution in [2.45, 2.75) is 38.3 Å². The van der Waals surface area contributed by atoms with Gasteiger partial charge >= 0.3 is 18.1 Å². The summed E-state index contributed by atoms with van der Waals surface area (Å²) in [5.41, 5.74) is -5.36. The number of carbonyl (C=O) groups excluding carboxylic acids is 2. The van der Waals surface area contributed by atoms with Crippen molar-refractivity contribution < 1.29 is 41.0 Å². The zero-order valence-corrected chi connectivity index (χ0v) is 13.2. The van der Waals surface area contributed by atoms with Gasteiger partial charge in [-0.25, -0.2) is 23.4 Å². The molecule has 25 heavy (non-hydrogen) atoms. The van der Waals surface area contributed by atoms with Crippen molar-refractivity contribution in [2.24, 2.45) is 0 Å². The third-order valence-electron chi connectivity index (χ3n) is 3.59. The van der Waals surface area contributed by atoms with Crippen LogP contribution in [0.4, 0.5) is 22.0 Å². The largest absolute Gasteiger partial charge is 0.465 e. The van der Waals surface area contributed by atoms with Gasteiger partial charge in [-0.05, 0) is 31.2 Å². The first-order valence-electron chi connectivity index (χ1n) is 7.31. The van der Waals surface area contributed by atoms with Gasteiger partial charge in [0, 0.05) is 0 Å². The Labute approximate surface area is 139 Å². The summed E-state index contributed by atoms with van der Waals surface area (Å²) < 4.78 is 75.6. The maximum absolute atomic E-state index is 13.3. The first-order valence-corrected chi connectivity index (χ1v) is 7.31. The molecule has 0 spiro atoms. The molecule has 2 rings (SSSR count). The summed E-state index contributed by atoms with van der Waals surface area (Å²) in [6, 6.07) is 0.